The van der Waals surface area contributed by atoms with Gasteiger partial charge in [0.1, 0.15) is 17.1 Å². The van der Waals surface area contributed by atoms with E-state index in [9.17, 15) is 4.79 Å². The van der Waals surface area contributed by atoms with E-state index in [0.717, 1.165) is 64.7 Å². The minimum absolute atomic E-state index is 0.204. The average molecular weight is 557 g/mol. The zero-order valence-corrected chi connectivity index (χ0v) is 23.5. The molecule has 8 nitrogen and oxygen atoms in total. The second-order valence-electron chi connectivity index (χ2n) is 11.1. The summed E-state index contributed by atoms with van der Waals surface area (Å²) in [7, 11) is 1.36. The Morgan fingerprint density at radius 1 is 1.10 bits per heavy atom. The first kappa shape index (κ1) is 25.4. The fraction of sp³-hybridized carbons (Fsp3) is 0.419. The molecule has 9 heteroatoms. The van der Waals surface area contributed by atoms with Crippen LogP contribution in [0.3, 0.4) is 0 Å². The van der Waals surface area contributed by atoms with Gasteiger partial charge in [0.05, 0.1) is 25.5 Å². The van der Waals surface area contributed by atoms with Crippen molar-refractivity contribution in [1.82, 2.24) is 15.1 Å². The van der Waals surface area contributed by atoms with Crippen molar-refractivity contribution in [3.05, 3.63) is 70.6 Å². The van der Waals surface area contributed by atoms with Crippen LogP contribution < -0.4 is 4.90 Å². The van der Waals surface area contributed by atoms with Crippen LogP contribution >= 0.6 is 11.3 Å². The van der Waals surface area contributed by atoms with Gasteiger partial charge < -0.3 is 18.9 Å². The number of thiazole rings is 1. The minimum atomic E-state index is -0.439. The number of ether oxygens (including phenoxy) is 2. The summed E-state index contributed by atoms with van der Waals surface area (Å²) in [5, 5.41) is 7.64. The quantitative estimate of drug-likeness (QED) is 0.226. The van der Waals surface area contributed by atoms with Gasteiger partial charge in [-0.1, -0.05) is 29.4 Å². The van der Waals surface area contributed by atoms with Crippen LogP contribution in [0.5, 0.6) is 0 Å². The third-order valence-corrected chi connectivity index (χ3v) is 9.34. The average Bonchev–Trinajstić information content (AvgIpc) is 3.45. The number of carbonyl (C=O) groups excluding carboxylic acids is 1. The van der Waals surface area contributed by atoms with Crippen LogP contribution in [0.15, 0.2) is 52.5 Å². The molecule has 2 aliphatic heterocycles. The molecule has 0 N–H and O–H groups in total. The highest BCUT2D eigenvalue weighted by Gasteiger charge is 2.43. The maximum absolute atomic E-state index is 11.7. The number of methoxy groups -OCH3 is 1. The van der Waals surface area contributed by atoms with Gasteiger partial charge in [-0.2, -0.15) is 0 Å². The molecule has 3 fully saturated rings. The van der Waals surface area contributed by atoms with Gasteiger partial charge in [0.25, 0.3) is 0 Å². The van der Waals surface area contributed by atoms with E-state index in [1.165, 1.54) is 25.5 Å². The molecular weight excluding hydrogens is 524 g/mol. The molecule has 206 valence electrons. The van der Waals surface area contributed by atoms with E-state index < -0.39 is 5.97 Å². The second kappa shape index (κ2) is 10.4. The minimum Gasteiger partial charge on any atom is -0.464 e. The SMILES string of the molecule is COC(=O)c1ccc(-c2csc(N3[C@@H]4CC[C@H]3CC(OCc3c(-c5ccccc5C)noc3C3CC3)C4)n2)cn1. The van der Waals surface area contributed by atoms with Gasteiger partial charge in [0.2, 0.25) is 0 Å². The van der Waals surface area contributed by atoms with Gasteiger partial charge in [-0.15, -0.1) is 11.3 Å². The predicted octanol–water partition coefficient (Wildman–Crippen LogP) is 6.55. The Kier molecular flexibility index (Phi) is 6.64. The molecule has 5 heterocycles. The second-order valence-corrected chi connectivity index (χ2v) is 11.9. The zero-order chi connectivity index (χ0) is 27.2. The summed E-state index contributed by atoms with van der Waals surface area (Å²) < 4.78 is 17.3. The molecule has 3 aliphatic rings. The third-order valence-electron chi connectivity index (χ3n) is 8.49. The smallest absolute Gasteiger partial charge is 0.356 e. The number of fused-ring (bicyclic) bond motifs is 2. The van der Waals surface area contributed by atoms with Gasteiger partial charge in [-0.3, -0.25) is 0 Å². The number of benzene rings is 1. The van der Waals surface area contributed by atoms with Crippen molar-refractivity contribution in [2.24, 2.45) is 0 Å². The molecule has 0 radical (unpaired) electrons. The molecule has 4 aromatic rings. The molecule has 1 unspecified atom stereocenters. The van der Waals surface area contributed by atoms with Crippen molar-refractivity contribution >= 4 is 22.4 Å². The van der Waals surface area contributed by atoms with Crippen molar-refractivity contribution in [3.8, 4) is 22.5 Å². The standard InChI is InChI=1S/C31H32N4O4S/c1-18-5-3-4-6-24(18)28-25(29(39-34-28)19-7-8-19)16-38-23-13-21-10-11-22(14-23)35(21)31-33-27(17-40-31)20-9-12-26(32-15-20)30(36)37-2/h3-6,9,12,15,17,19,21-23H,7-8,10-11,13-14,16H2,1-2H3/t21-,22+,23?. The first-order chi connectivity index (χ1) is 19.6. The highest BCUT2D eigenvalue weighted by molar-refractivity contribution is 7.14. The molecule has 7 rings (SSSR count). The van der Waals surface area contributed by atoms with Crippen LogP contribution in [0.25, 0.3) is 22.5 Å². The number of esters is 1. The van der Waals surface area contributed by atoms with Gasteiger partial charge >= 0.3 is 5.97 Å². The Morgan fingerprint density at radius 2 is 1.90 bits per heavy atom. The molecule has 3 aromatic heterocycles. The first-order valence-corrected chi connectivity index (χ1v) is 14.9. The molecule has 40 heavy (non-hydrogen) atoms. The van der Waals surface area contributed by atoms with Crippen LogP contribution in [-0.4, -0.2) is 46.4 Å². The van der Waals surface area contributed by atoms with Gasteiger partial charge in [0.15, 0.2) is 5.13 Å². The number of hydrogen-bond acceptors (Lipinski definition) is 9. The number of rotatable bonds is 8. The topological polar surface area (TPSA) is 90.6 Å². The first-order valence-electron chi connectivity index (χ1n) is 14.0. The lowest BCUT2D eigenvalue weighted by Gasteiger charge is -2.38. The zero-order valence-electron chi connectivity index (χ0n) is 22.7. The van der Waals surface area contributed by atoms with E-state index in [2.05, 4.69) is 51.6 Å². The monoisotopic (exact) mass is 556 g/mol. The highest BCUT2D eigenvalue weighted by Crippen LogP contribution is 2.46. The van der Waals surface area contributed by atoms with Crippen LogP contribution in [0.4, 0.5) is 5.13 Å². The molecule has 0 spiro atoms. The number of nitrogens with zero attached hydrogens (tertiary/aromatic N) is 4. The van der Waals surface area contributed by atoms with Crippen LogP contribution in [0.2, 0.25) is 0 Å². The van der Waals surface area contributed by atoms with Crippen molar-refractivity contribution in [2.75, 3.05) is 12.0 Å². The van der Waals surface area contributed by atoms with E-state index in [-0.39, 0.29) is 6.10 Å². The fourth-order valence-corrected chi connectivity index (χ4v) is 7.22. The van der Waals surface area contributed by atoms with Gasteiger partial charge in [-0.05, 0) is 63.1 Å². The third kappa shape index (κ3) is 4.71. The van der Waals surface area contributed by atoms with E-state index in [0.29, 0.717) is 30.3 Å². The molecule has 1 saturated carbocycles. The molecule has 0 amide bonds. The summed E-state index contributed by atoms with van der Waals surface area (Å²) in [6.07, 6.45) is 8.52. The molecule has 3 atom stereocenters. The number of hydrogen-bond donors (Lipinski definition) is 0. The van der Waals surface area contributed by atoms with Gasteiger partial charge in [0, 0.05) is 46.3 Å². The maximum Gasteiger partial charge on any atom is 0.356 e. The van der Waals surface area contributed by atoms with E-state index in [1.807, 2.05) is 6.07 Å². The van der Waals surface area contributed by atoms with Gasteiger partial charge in [-0.25, -0.2) is 14.8 Å². The Hall–Kier alpha value is -3.56. The Balaban J connectivity index is 1.04. The largest absolute Gasteiger partial charge is 0.464 e. The summed E-state index contributed by atoms with van der Waals surface area (Å²) >= 11 is 1.67. The molecule has 2 saturated heterocycles. The lowest BCUT2D eigenvalue weighted by Crippen LogP contribution is -2.45. The van der Waals surface area contributed by atoms with E-state index >= 15 is 0 Å². The Labute approximate surface area is 237 Å². The van der Waals surface area contributed by atoms with E-state index in [4.69, 9.17) is 19.0 Å². The van der Waals surface area contributed by atoms with Crippen molar-refractivity contribution in [2.45, 2.75) is 76.2 Å². The van der Waals surface area contributed by atoms with Crippen molar-refractivity contribution in [3.63, 3.8) is 0 Å². The Bertz CT molecular complexity index is 1510. The number of carbonyl (C=O) groups is 1. The molecule has 2 bridgehead atoms. The molecule has 1 aliphatic carbocycles. The number of aryl methyl sites for hydroxylation is 1. The van der Waals surface area contributed by atoms with Crippen molar-refractivity contribution in [1.29, 1.82) is 0 Å². The van der Waals surface area contributed by atoms with Crippen LogP contribution in [0.1, 0.15) is 71.8 Å². The fourth-order valence-electron chi connectivity index (χ4n) is 6.24. The summed E-state index contributed by atoms with van der Waals surface area (Å²) in [5.41, 5.74) is 6.46. The Morgan fingerprint density at radius 3 is 2.60 bits per heavy atom. The lowest BCUT2D eigenvalue weighted by atomic mass is 9.99. The van der Waals surface area contributed by atoms with Crippen LogP contribution in [0, 0.1) is 6.92 Å². The maximum atomic E-state index is 11.7. The summed E-state index contributed by atoms with van der Waals surface area (Å²) in [5.74, 6) is 1.06. The molecule has 1 aromatic carbocycles. The lowest BCUT2D eigenvalue weighted by molar-refractivity contribution is 0.0147. The number of anilines is 1. The normalized spacial score (nSPS) is 22.1. The highest BCUT2D eigenvalue weighted by atomic mass is 32.1. The summed E-state index contributed by atoms with van der Waals surface area (Å²) in [6.45, 7) is 2.66. The van der Waals surface area contributed by atoms with Crippen LogP contribution in [-0.2, 0) is 16.1 Å². The summed E-state index contributed by atoms with van der Waals surface area (Å²) in [6, 6.07) is 12.8. The number of aromatic nitrogens is 3. The summed E-state index contributed by atoms with van der Waals surface area (Å²) in [4.78, 5) is 23.4. The predicted molar refractivity (Wildman–Crippen MR) is 152 cm³/mol. The van der Waals surface area contributed by atoms with Crippen molar-refractivity contribution < 1.29 is 18.8 Å². The number of piperidine rings is 1. The number of pyridine rings is 1. The van der Waals surface area contributed by atoms with E-state index in [1.54, 1.807) is 23.6 Å². The molecular formula is C31H32N4O4S.